The summed E-state index contributed by atoms with van der Waals surface area (Å²) in [5, 5.41) is 1.01. The Hall–Kier alpha value is -0.830. The Labute approximate surface area is 124 Å². The van der Waals surface area contributed by atoms with E-state index in [0.29, 0.717) is 6.42 Å². The van der Waals surface area contributed by atoms with Gasteiger partial charge in [0.2, 0.25) is 0 Å². The number of ketones is 1. The standard InChI is InChI=1S/C16H23BrO2/c1-16(2,3)19-14-10-8-13(9-11-14)15(18)7-5-4-6-12-17/h8-11H,4-7,12H2,1-3H3. The summed E-state index contributed by atoms with van der Waals surface area (Å²) in [7, 11) is 0. The fourth-order valence-electron chi connectivity index (χ4n) is 1.76. The molecule has 0 atom stereocenters. The van der Waals surface area contributed by atoms with Crippen LogP contribution in [0.2, 0.25) is 0 Å². The third kappa shape index (κ3) is 6.76. The van der Waals surface area contributed by atoms with Gasteiger partial charge in [0.05, 0.1) is 0 Å². The van der Waals surface area contributed by atoms with Crippen molar-refractivity contribution in [3.63, 3.8) is 0 Å². The summed E-state index contributed by atoms with van der Waals surface area (Å²) in [6, 6.07) is 7.45. The molecule has 106 valence electrons. The fraction of sp³-hybridized carbons (Fsp3) is 0.562. The van der Waals surface area contributed by atoms with Gasteiger partial charge in [-0.05, 0) is 57.9 Å². The summed E-state index contributed by atoms with van der Waals surface area (Å²) in [5.74, 6) is 1.03. The van der Waals surface area contributed by atoms with Crippen LogP contribution < -0.4 is 4.74 Å². The number of ether oxygens (including phenoxy) is 1. The number of halogens is 1. The van der Waals surface area contributed by atoms with E-state index in [9.17, 15) is 4.79 Å². The van der Waals surface area contributed by atoms with Crippen molar-refractivity contribution in [1.82, 2.24) is 0 Å². The van der Waals surface area contributed by atoms with Gasteiger partial charge in [-0.15, -0.1) is 0 Å². The molecule has 1 aromatic carbocycles. The second kappa shape index (κ2) is 7.68. The van der Waals surface area contributed by atoms with E-state index in [1.54, 1.807) is 0 Å². The largest absolute Gasteiger partial charge is 0.488 e. The van der Waals surface area contributed by atoms with E-state index >= 15 is 0 Å². The fourth-order valence-corrected chi connectivity index (χ4v) is 2.16. The first-order valence-corrected chi connectivity index (χ1v) is 7.93. The molecule has 0 saturated carbocycles. The van der Waals surface area contributed by atoms with E-state index in [-0.39, 0.29) is 11.4 Å². The predicted octanol–water partition coefficient (Wildman–Crippen LogP) is 5.00. The van der Waals surface area contributed by atoms with Crippen molar-refractivity contribution in [2.75, 3.05) is 5.33 Å². The monoisotopic (exact) mass is 326 g/mol. The summed E-state index contributed by atoms with van der Waals surface area (Å²) in [4.78, 5) is 12.0. The van der Waals surface area contributed by atoms with Crippen molar-refractivity contribution in [1.29, 1.82) is 0 Å². The van der Waals surface area contributed by atoms with Crippen molar-refractivity contribution in [2.24, 2.45) is 0 Å². The molecule has 0 fully saturated rings. The molecule has 2 nitrogen and oxygen atoms in total. The molecule has 0 aliphatic rings. The number of alkyl halides is 1. The first-order chi connectivity index (χ1) is 8.92. The van der Waals surface area contributed by atoms with Crippen LogP contribution in [0.15, 0.2) is 24.3 Å². The molecule has 1 aromatic rings. The molecule has 0 aliphatic heterocycles. The Morgan fingerprint density at radius 3 is 2.26 bits per heavy atom. The quantitative estimate of drug-likeness (QED) is 0.400. The molecular weight excluding hydrogens is 304 g/mol. The topological polar surface area (TPSA) is 26.3 Å². The zero-order chi connectivity index (χ0) is 14.3. The Morgan fingerprint density at radius 1 is 1.11 bits per heavy atom. The zero-order valence-electron chi connectivity index (χ0n) is 12.0. The van der Waals surface area contributed by atoms with E-state index in [1.165, 1.54) is 0 Å². The molecule has 0 saturated heterocycles. The summed E-state index contributed by atoms with van der Waals surface area (Å²) in [6.45, 7) is 6.03. The smallest absolute Gasteiger partial charge is 0.162 e. The lowest BCUT2D eigenvalue weighted by Gasteiger charge is -2.21. The normalized spacial score (nSPS) is 11.4. The summed E-state index contributed by atoms with van der Waals surface area (Å²) < 4.78 is 5.73. The minimum atomic E-state index is -0.207. The summed E-state index contributed by atoms with van der Waals surface area (Å²) >= 11 is 3.39. The first kappa shape index (κ1) is 16.2. The van der Waals surface area contributed by atoms with Crippen molar-refractivity contribution >= 4 is 21.7 Å². The van der Waals surface area contributed by atoms with E-state index in [0.717, 1.165) is 35.9 Å². The van der Waals surface area contributed by atoms with Crippen LogP contribution in [0, 0.1) is 0 Å². The highest BCUT2D eigenvalue weighted by Crippen LogP contribution is 2.19. The van der Waals surface area contributed by atoms with Gasteiger partial charge in [-0.1, -0.05) is 22.4 Å². The van der Waals surface area contributed by atoms with Gasteiger partial charge >= 0.3 is 0 Å². The van der Waals surface area contributed by atoms with Crippen LogP contribution in [0.4, 0.5) is 0 Å². The van der Waals surface area contributed by atoms with E-state index in [1.807, 2.05) is 45.0 Å². The number of carbonyl (C=O) groups excluding carboxylic acids is 1. The molecule has 0 heterocycles. The van der Waals surface area contributed by atoms with E-state index in [4.69, 9.17) is 4.74 Å². The van der Waals surface area contributed by atoms with Crippen LogP contribution in [-0.2, 0) is 0 Å². The Bertz CT molecular complexity index is 390. The molecule has 19 heavy (non-hydrogen) atoms. The number of unbranched alkanes of at least 4 members (excludes halogenated alkanes) is 2. The maximum Gasteiger partial charge on any atom is 0.162 e. The number of hydrogen-bond acceptors (Lipinski definition) is 2. The van der Waals surface area contributed by atoms with Gasteiger partial charge in [0, 0.05) is 17.3 Å². The van der Waals surface area contributed by atoms with Gasteiger partial charge in [-0.3, -0.25) is 4.79 Å². The van der Waals surface area contributed by atoms with E-state index < -0.39 is 0 Å². The summed E-state index contributed by atoms with van der Waals surface area (Å²) in [6.07, 6.45) is 3.82. The number of Topliss-reactive ketones (excluding diaryl/α,β-unsaturated/α-hetero) is 1. The number of carbonyl (C=O) groups is 1. The lowest BCUT2D eigenvalue weighted by atomic mass is 10.0. The van der Waals surface area contributed by atoms with Crippen LogP contribution in [0.1, 0.15) is 56.8 Å². The minimum Gasteiger partial charge on any atom is -0.488 e. The van der Waals surface area contributed by atoms with Gasteiger partial charge in [0.15, 0.2) is 5.78 Å². The molecule has 0 aliphatic carbocycles. The van der Waals surface area contributed by atoms with Crippen LogP contribution in [0.3, 0.4) is 0 Å². The average Bonchev–Trinajstić information content (AvgIpc) is 2.33. The third-order valence-electron chi connectivity index (χ3n) is 2.64. The lowest BCUT2D eigenvalue weighted by molar-refractivity contribution is 0.0979. The molecule has 0 N–H and O–H groups in total. The van der Waals surface area contributed by atoms with Crippen molar-refractivity contribution in [3.8, 4) is 5.75 Å². The van der Waals surface area contributed by atoms with Crippen LogP contribution in [-0.4, -0.2) is 16.7 Å². The van der Waals surface area contributed by atoms with Crippen LogP contribution >= 0.6 is 15.9 Å². The minimum absolute atomic E-state index is 0.207. The number of hydrogen-bond donors (Lipinski definition) is 0. The molecule has 3 heteroatoms. The van der Waals surface area contributed by atoms with Crippen molar-refractivity contribution < 1.29 is 9.53 Å². The van der Waals surface area contributed by atoms with Crippen LogP contribution in [0.5, 0.6) is 5.75 Å². The third-order valence-corrected chi connectivity index (χ3v) is 3.20. The summed E-state index contributed by atoms with van der Waals surface area (Å²) in [5.41, 5.74) is 0.571. The molecule has 0 aromatic heterocycles. The Morgan fingerprint density at radius 2 is 1.74 bits per heavy atom. The van der Waals surface area contributed by atoms with Gasteiger partial charge < -0.3 is 4.74 Å². The molecule has 0 spiro atoms. The van der Waals surface area contributed by atoms with Gasteiger partial charge in [-0.25, -0.2) is 0 Å². The second-order valence-electron chi connectivity index (χ2n) is 5.66. The number of benzene rings is 1. The Kier molecular flexibility index (Phi) is 6.56. The highest BCUT2D eigenvalue weighted by atomic mass is 79.9. The first-order valence-electron chi connectivity index (χ1n) is 6.80. The predicted molar refractivity (Wildman–Crippen MR) is 83.4 cm³/mol. The van der Waals surface area contributed by atoms with Crippen molar-refractivity contribution in [3.05, 3.63) is 29.8 Å². The van der Waals surface area contributed by atoms with E-state index in [2.05, 4.69) is 15.9 Å². The molecular formula is C16H23BrO2. The Balaban J connectivity index is 2.49. The zero-order valence-corrected chi connectivity index (χ0v) is 13.6. The highest BCUT2D eigenvalue weighted by molar-refractivity contribution is 9.09. The SMILES string of the molecule is CC(C)(C)Oc1ccc(C(=O)CCCCCBr)cc1. The van der Waals surface area contributed by atoms with Gasteiger partial charge in [0.1, 0.15) is 11.4 Å². The van der Waals surface area contributed by atoms with Gasteiger partial charge in [0.25, 0.3) is 0 Å². The molecule has 0 bridgehead atoms. The second-order valence-corrected chi connectivity index (χ2v) is 6.45. The number of rotatable bonds is 7. The lowest BCUT2D eigenvalue weighted by Crippen LogP contribution is -2.22. The van der Waals surface area contributed by atoms with Crippen LogP contribution in [0.25, 0.3) is 0 Å². The maximum atomic E-state index is 12.0. The highest BCUT2D eigenvalue weighted by Gasteiger charge is 2.12. The average molecular weight is 327 g/mol. The molecule has 0 radical (unpaired) electrons. The van der Waals surface area contributed by atoms with Crippen molar-refractivity contribution in [2.45, 2.75) is 52.1 Å². The molecule has 0 unspecified atom stereocenters. The molecule has 1 rings (SSSR count). The molecule has 0 amide bonds. The van der Waals surface area contributed by atoms with Gasteiger partial charge in [-0.2, -0.15) is 0 Å². The maximum absolute atomic E-state index is 12.0.